The Morgan fingerprint density at radius 1 is 1.31 bits per heavy atom. The molecule has 3 heteroatoms. The Morgan fingerprint density at radius 2 is 2.12 bits per heavy atom. The standard InChI is InChI=1S/C13H17N3/c1-10-8-15-16(9-10)13-7-12(5-6-14)4-3-11(13)2/h3-4,7-9H,5-6,14H2,1-2H3. The maximum absolute atomic E-state index is 5.57. The predicted octanol–water partition coefficient (Wildman–Crippen LogP) is 1.99. The Balaban J connectivity index is 2.42. The van der Waals surface area contributed by atoms with Crippen LogP contribution in [-0.4, -0.2) is 16.3 Å². The molecule has 0 saturated carbocycles. The molecular weight excluding hydrogens is 198 g/mol. The van der Waals surface area contributed by atoms with Crippen molar-refractivity contribution in [3.8, 4) is 5.69 Å². The molecule has 2 aromatic rings. The number of aromatic nitrogens is 2. The minimum Gasteiger partial charge on any atom is -0.330 e. The molecule has 0 saturated heterocycles. The molecule has 0 radical (unpaired) electrons. The Labute approximate surface area is 95.9 Å². The summed E-state index contributed by atoms with van der Waals surface area (Å²) in [5.41, 5.74) is 10.4. The molecule has 3 nitrogen and oxygen atoms in total. The van der Waals surface area contributed by atoms with E-state index in [4.69, 9.17) is 5.73 Å². The Kier molecular flexibility index (Phi) is 3.06. The third-order valence-electron chi connectivity index (χ3n) is 2.67. The molecule has 1 aromatic carbocycles. The normalized spacial score (nSPS) is 10.7. The predicted molar refractivity (Wildman–Crippen MR) is 65.8 cm³/mol. The molecule has 0 amide bonds. The lowest BCUT2D eigenvalue weighted by molar-refractivity contribution is 0.865. The van der Waals surface area contributed by atoms with Gasteiger partial charge in [-0.15, -0.1) is 0 Å². The number of rotatable bonds is 3. The second kappa shape index (κ2) is 4.49. The first-order valence-corrected chi connectivity index (χ1v) is 5.52. The summed E-state index contributed by atoms with van der Waals surface area (Å²) in [6.07, 6.45) is 4.82. The highest BCUT2D eigenvalue weighted by Gasteiger charge is 2.03. The second-order valence-corrected chi connectivity index (χ2v) is 4.12. The van der Waals surface area contributed by atoms with Crippen molar-refractivity contribution in [2.75, 3.05) is 6.54 Å². The smallest absolute Gasteiger partial charge is 0.0677 e. The van der Waals surface area contributed by atoms with Crippen molar-refractivity contribution in [2.24, 2.45) is 5.73 Å². The zero-order valence-corrected chi connectivity index (χ0v) is 9.77. The van der Waals surface area contributed by atoms with Crippen LogP contribution in [0.5, 0.6) is 0 Å². The van der Waals surface area contributed by atoms with Gasteiger partial charge in [0, 0.05) is 6.20 Å². The van der Waals surface area contributed by atoms with Crippen LogP contribution in [0.2, 0.25) is 0 Å². The minimum absolute atomic E-state index is 0.681. The van der Waals surface area contributed by atoms with Gasteiger partial charge >= 0.3 is 0 Å². The van der Waals surface area contributed by atoms with Crippen LogP contribution in [0.3, 0.4) is 0 Å². The highest BCUT2D eigenvalue weighted by atomic mass is 15.3. The lowest BCUT2D eigenvalue weighted by Crippen LogP contribution is -2.04. The number of nitrogens with zero attached hydrogens (tertiary/aromatic N) is 2. The SMILES string of the molecule is Cc1cnn(-c2cc(CCN)ccc2C)c1. The van der Waals surface area contributed by atoms with Crippen molar-refractivity contribution in [3.63, 3.8) is 0 Å². The summed E-state index contributed by atoms with van der Waals surface area (Å²) in [7, 11) is 0. The second-order valence-electron chi connectivity index (χ2n) is 4.12. The number of nitrogens with two attached hydrogens (primary N) is 1. The van der Waals surface area contributed by atoms with E-state index in [-0.39, 0.29) is 0 Å². The van der Waals surface area contributed by atoms with Gasteiger partial charge in [0.05, 0.1) is 11.9 Å². The first kappa shape index (κ1) is 10.9. The summed E-state index contributed by atoms with van der Waals surface area (Å²) in [6.45, 7) is 4.82. The number of hydrogen-bond acceptors (Lipinski definition) is 2. The molecule has 1 heterocycles. The topological polar surface area (TPSA) is 43.8 Å². The van der Waals surface area contributed by atoms with E-state index in [0.29, 0.717) is 6.54 Å². The van der Waals surface area contributed by atoms with Crippen LogP contribution >= 0.6 is 0 Å². The maximum atomic E-state index is 5.57. The number of hydrogen-bond donors (Lipinski definition) is 1. The molecule has 0 aliphatic carbocycles. The number of aryl methyl sites for hydroxylation is 2. The van der Waals surface area contributed by atoms with E-state index in [1.165, 1.54) is 16.7 Å². The van der Waals surface area contributed by atoms with E-state index in [0.717, 1.165) is 12.1 Å². The summed E-state index contributed by atoms with van der Waals surface area (Å²) < 4.78 is 1.92. The first-order chi connectivity index (χ1) is 7.70. The fourth-order valence-corrected chi connectivity index (χ4v) is 1.77. The summed E-state index contributed by atoms with van der Waals surface area (Å²) in [5.74, 6) is 0. The highest BCUT2D eigenvalue weighted by Crippen LogP contribution is 2.16. The van der Waals surface area contributed by atoms with Crippen molar-refractivity contribution in [2.45, 2.75) is 20.3 Å². The maximum Gasteiger partial charge on any atom is 0.0677 e. The molecule has 0 atom stereocenters. The van der Waals surface area contributed by atoms with Crippen LogP contribution < -0.4 is 5.73 Å². The van der Waals surface area contributed by atoms with Gasteiger partial charge in [0.25, 0.3) is 0 Å². The zero-order chi connectivity index (χ0) is 11.5. The molecular formula is C13H17N3. The largest absolute Gasteiger partial charge is 0.330 e. The van der Waals surface area contributed by atoms with Crippen LogP contribution in [0.15, 0.2) is 30.6 Å². The average molecular weight is 215 g/mol. The Hall–Kier alpha value is -1.61. The molecule has 0 aliphatic rings. The number of benzene rings is 1. The van der Waals surface area contributed by atoms with Crippen LogP contribution in [0.4, 0.5) is 0 Å². The van der Waals surface area contributed by atoms with Gasteiger partial charge < -0.3 is 5.73 Å². The Bertz CT molecular complexity index is 486. The minimum atomic E-state index is 0.681. The zero-order valence-electron chi connectivity index (χ0n) is 9.77. The quantitative estimate of drug-likeness (QED) is 0.851. The molecule has 0 unspecified atom stereocenters. The van der Waals surface area contributed by atoms with E-state index < -0.39 is 0 Å². The third-order valence-corrected chi connectivity index (χ3v) is 2.67. The average Bonchev–Trinajstić information content (AvgIpc) is 2.68. The summed E-state index contributed by atoms with van der Waals surface area (Å²) in [5, 5.41) is 4.33. The fourth-order valence-electron chi connectivity index (χ4n) is 1.77. The molecule has 2 rings (SSSR count). The van der Waals surface area contributed by atoms with E-state index in [2.05, 4.69) is 30.2 Å². The summed E-state index contributed by atoms with van der Waals surface area (Å²) >= 11 is 0. The van der Waals surface area contributed by atoms with E-state index in [1.54, 1.807) is 0 Å². The highest BCUT2D eigenvalue weighted by molar-refractivity contribution is 5.43. The lowest BCUT2D eigenvalue weighted by Gasteiger charge is -2.08. The van der Waals surface area contributed by atoms with Gasteiger partial charge in [-0.2, -0.15) is 5.10 Å². The van der Waals surface area contributed by atoms with Gasteiger partial charge in [-0.1, -0.05) is 12.1 Å². The summed E-state index contributed by atoms with van der Waals surface area (Å²) in [4.78, 5) is 0. The van der Waals surface area contributed by atoms with Gasteiger partial charge in [0.2, 0.25) is 0 Å². The van der Waals surface area contributed by atoms with Crippen molar-refractivity contribution < 1.29 is 0 Å². The van der Waals surface area contributed by atoms with E-state index >= 15 is 0 Å². The van der Waals surface area contributed by atoms with E-state index in [1.807, 2.05) is 24.0 Å². The molecule has 0 fully saturated rings. The van der Waals surface area contributed by atoms with Gasteiger partial charge in [0.15, 0.2) is 0 Å². The molecule has 1 aromatic heterocycles. The van der Waals surface area contributed by atoms with Crippen molar-refractivity contribution >= 4 is 0 Å². The van der Waals surface area contributed by atoms with Crippen molar-refractivity contribution in [3.05, 3.63) is 47.3 Å². The molecule has 0 aliphatic heterocycles. The molecule has 2 N–H and O–H groups in total. The van der Waals surface area contributed by atoms with E-state index in [9.17, 15) is 0 Å². The van der Waals surface area contributed by atoms with Crippen molar-refractivity contribution in [1.29, 1.82) is 0 Å². The van der Waals surface area contributed by atoms with Gasteiger partial charge in [0.1, 0.15) is 0 Å². The third kappa shape index (κ3) is 2.14. The van der Waals surface area contributed by atoms with Crippen LogP contribution in [0.1, 0.15) is 16.7 Å². The fraction of sp³-hybridized carbons (Fsp3) is 0.308. The molecule has 84 valence electrons. The van der Waals surface area contributed by atoms with Crippen LogP contribution in [0, 0.1) is 13.8 Å². The summed E-state index contributed by atoms with van der Waals surface area (Å²) in [6, 6.07) is 6.41. The van der Waals surface area contributed by atoms with Crippen LogP contribution in [0.25, 0.3) is 5.69 Å². The monoisotopic (exact) mass is 215 g/mol. The van der Waals surface area contributed by atoms with Crippen molar-refractivity contribution in [1.82, 2.24) is 9.78 Å². The molecule has 16 heavy (non-hydrogen) atoms. The molecule has 0 bridgehead atoms. The first-order valence-electron chi connectivity index (χ1n) is 5.52. The molecule has 0 spiro atoms. The lowest BCUT2D eigenvalue weighted by atomic mass is 10.1. The van der Waals surface area contributed by atoms with Gasteiger partial charge in [-0.05, 0) is 49.6 Å². The van der Waals surface area contributed by atoms with Gasteiger partial charge in [-0.3, -0.25) is 0 Å². The van der Waals surface area contributed by atoms with Gasteiger partial charge in [-0.25, -0.2) is 4.68 Å². The Morgan fingerprint density at radius 3 is 2.75 bits per heavy atom. The van der Waals surface area contributed by atoms with Crippen LogP contribution in [-0.2, 0) is 6.42 Å².